The summed E-state index contributed by atoms with van der Waals surface area (Å²) in [6.07, 6.45) is 8.65. The second-order valence-electron chi connectivity index (χ2n) is 20.1. The number of benzene rings is 2. The molecule has 4 aliphatic rings. The van der Waals surface area contributed by atoms with Crippen LogP contribution in [0.1, 0.15) is 142 Å². The summed E-state index contributed by atoms with van der Waals surface area (Å²) in [5, 5.41) is 14.4. The van der Waals surface area contributed by atoms with Crippen molar-refractivity contribution in [1.82, 2.24) is 26.6 Å². The first-order valence-corrected chi connectivity index (χ1v) is 24.4. The molecule has 5 amide bonds. The van der Waals surface area contributed by atoms with E-state index in [-0.39, 0.29) is 29.8 Å². The first-order valence-electron chi connectivity index (χ1n) is 24.4. The van der Waals surface area contributed by atoms with E-state index in [9.17, 15) is 24.0 Å². The van der Waals surface area contributed by atoms with E-state index in [2.05, 4.69) is 78.5 Å². The normalized spacial score (nSPS) is 22.9. The average molecular weight is 900 g/mol. The molecule has 1 saturated heterocycles. The Bertz CT molecular complexity index is 1910. The van der Waals surface area contributed by atoms with Gasteiger partial charge in [-0.2, -0.15) is 0 Å². The molecule has 9 atom stereocenters. The van der Waals surface area contributed by atoms with Gasteiger partial charge in [-0.05, 0) is 156 Å². The van der Waals surface area contributed by atoms with Crippen LogP contribution in [0.4, 0.5) is 0 Å². The number of aryl methyl sites for hydroxylation is 1. The Morgan fingerprint density at radius 3 is 1.82 bits per heavy atom. The number of carbonyl (C=O) groups is 5. The van der Waals surface area contributed by atoms with Gasteiger partial charge in [-0.25, -0.2) is 0 Å². The summed E-state index contributed by atoms with van der Waals surface area (Å²) >= 11 is 0. The molecule has 15 heteroatoms. The van der Waals surface area contributed by atoms with Crippen molar-refractivity contribution in [2.45, 2.75) is 174 Å². The summed E-state index contributed by atoms with van der Waals surface area (Å²) in [6, 6.07) is 11.8. The molecule has 1 heterocycles. The third-order valence-corrected chi connectivity index (χ3v) is 14.2. The molecule has 1 aliphatic heterocycles. The Kier molecular flexibility index (Phi) is 18.6. The zero-order chi connectivity index (χ0) is 47.5. The Labute approximate surface area is 388 Å². The average Bonchev–Trinajstić information content (AvgIpc) is 3.65. The molecule has 14 nitrogen and oxygen atoms in total. The summed E-state index contributed by atoms with van der Waals surface area (Å²) in [7, 11) is -0.618. The third-order valence-electron chi connectivity index (χ3n) is 14.2. The number of nitrogens with one attached hydrogen (secondary N) is 5. The maximum absolute atomic E-state index is 13.9. The van der Waals surface area contributed by atoms with E-state index in [1.165, 1.54) is 12.5 Å². The highest BCUT2D eigenvalue weighted by Crippen LogP contribution is 2.65. The molecule has 2 aromatic rings. The predicted molar refractivity (Wildman–Crippen MR) is 256 cm³/mol. The van der Waals surface area contributed by atoms with Crippen molar-refractivity contribution in [1.29, 1.82) is 0 Å². The molecule has 6 rings (SSSR count). The standard InChI is InChI=1S/C50H78BN7O7/c1-9-10-15-34-18-20-35(21-19-34)36-22-24-37(25-23-36)45(60)56-40(17-12-14-27-53)47(62)57-39(16-11-13-26-52)46(61)54-32(4)44(59)58-41(28-31(2)3)48(63)55-33(5)51-64-43-30-38-29-42(49(38,6)7)50(43,8)65-51/h18-25,31-33,38-43H,9-17,26-30,52-53H2,1-8H3,(H,54,61)(H,55,63)(H,56,60)(H,57,62)(H,58,59)/t32-,33-,38-,39-,40+,41-,42-,43?,50-/m0/s1. The molecule has 0 spiro atoms. The molecule has 2 bridgehead atoms. The molecular weight excluding hydrogens is 821 g/mol. The summed E-state index contributed by atoms with van der Waals surface area (Å²) in [6.45, 7) is 17.1. The first-order chi connectivity index (χ1) is 30.9. The Morgan fingerprint density at radius 1 is 0.692 bits per heavy atom. The molecule has 3 saturated carbocycles. The molecule has 1 unspecified atom stereocenters. The van der Waals surface area contributed by atoms with Crippen molar-refractivity contribution in [3.63, 3.8) is 0 Å². The molecule has 2 aromatic carbocycles. The van der Waals surface area contributed by atoms with Gasteiger partial charge in [0.05, 0.1) is 17.6 Å². The van der Waals surface area contributed by atoms with Gasteiger partial charge in [0.15, 0.2) is 0 Å². The van der Waals surface area contributed by atoms with Crippen LogP contribution in [0, 0.1) is 23.2 Å². The van der Waals surface area contributed by atoms with E-state index in [0.29, 0.717) is 69.0 Å². The van der Waals surface area contributed by atoms with Gasteiger partial charge in [0, 0.05) is 5.56 Å². The number of unbranched alkanes of at least 4 members (excludes halogenated alkanes) is 3. The van der Waals surface area contributed by atoms with Gasteiger partial charge in [-0.1, -0.05) is 77.4 Å². The Balaban J connectivity index is 1.19. The third kappa shape index (κ3) is 13.2. The first kappa shape index (κ1) is 51.7. The largest absolute Gasteiger partial charge is 0.481 e. The lowest BCUT2D eigenvalue weighted by Gasteiger charge is -2.64. The fraction of sp³-hybridized carbons (Fsp3) is 0.660. The second kappa shape index (κ2) is 23.4. The fourth-order valence-electron chi connectivity index (χ4n) is 9.98. The molecule has 65 heavy (non-hydrogen) atoms. The number of carbonyl (C=O) groups excluding carboxylic acids is 5. The lowest BCUT2D eigenvalue weighted by atomic mass is 9.43. The van der Waals surface area contributed by atoms with E-state index in [1.807, 2.05) is 32.9 Å². The highest BCUT2D eigenvalue weighted by atomic mass is 16.7. The molecule has 0 aromatic heterocycles. The van der Waals surface area contributed by atoms with Crippen LogP contribution in [0.2, 0.25) is 0 Å². The summed E-state index contributed by atoms with van der Waals surface area (Å²) in [5.74, 6) is -1.85. The minimum Gasteiger partial charge on any atom is -0.404 e. The number of hydrogen-bond acceptors (Lipinski definition) is 9. The second-order valence-corrected chi connectivity index (χ2v) is 20.1. The van der Waals surface area contributed by atoms with Crippen LogP contribution in [-0.2, 0) is 34.9 Å². The monoisotopic (exact) mass is 900 g/mol. The van der Waals surface area contributed by atoms with Crippen LogP contribution in [-0.4, -0.2) is 91.6 Å². The van der Waals surface area contributed by atoms with Gasteiger partial charge < -0.3 is 47.4 Å². The minimum atomic E-state index is -1.04. The van der Waals surface area contributed by atoms with Gasteiger partial charge in [0.25, 0.3) is 5.91 Å². The summed E-state index contributed by atoms with van der Waals surface area (Å²) < 4.78 is 13.0. The molecule has 9 N–H and O–H groups in total. The summed E-state index contributed by atoms with van der Waals surface area (Å²) in [4.78, 5) is 68.9. The van der Waals surface area contributed by atoms with Gasteiger partial charge in [0.1, 0.15) is 24.2 Å². The van der Waals surface area contributed by atoms with Gasteiger partial charge in [-0.15, -0.1) is 0 Å². The highest BCUT2D eigenvalue weighted by Gasteiger charge is 2.68. The van der Waals surface area contributed by atoms with Crippen molar-refractivity contribution in [3.8, 4) is 11.1 Å². The number of rotatable bonds is 25. The highest BCUT2D eigenvalue weighted by molar-refractivity contribution is 6.47. The number of amides is 5. The van der Waals surface area contributed by atoms with E-state index in [0.717, 1.165) is 43.2 Å². The van der Waals surface area contributed by atoms with E-state index in [1.54, 1.807) is 12.1 Å². The number of nitrogens with two attached hydrogens (primary N) is 2. The van der Waals surface area contributed by atoms with E-state index >= 15 is 0 Å². The van der Waals surface area contributed by atoms with Crippen molar-refractivity contribution in [2.24, 2.45) is 34.6 Å². The van der Waals surface area contributed by atoms with E-state index in [4.69, 9.17) is 20.8 Å². The van der Waals surface area contributed by atoms with Crippen LogP contribution < -0.4 is 38.1 Å². The SMILES string of the molecule is CCCCc1ccc(-c2ccc(C(=O)N[C@H](CCCCN)C(=O)N[C@@H](CCCCN)C(=O)N[C@@H](C)C(=O)N[C@@H](CC(C)C)C(=O)N[C@@H](C)B3OC4C[C@@H]5C[C@@H](C5(C)C)[C@]4(C)O3)cc2)cc1. The lowest BCUT2D eigenvalue weighted by molar-refractivity contribution is -0.199. The maximum atomic E-state index is 13.9. The van der Waals surface area contributed by atoms with Gasteiger partial charge >= 0.3 is 7.12 Å². The van der Waals surface area contributed by atoms with Crippen LogP contribution in [0.3, 0.4) is 0 Å². The molecular formula is C50H78BN7O7. The van der Waals surface area contributed by atoms with Crippen LogP contribution >= 0.6 is 0 Å². The molecule has 358 valence electrons. The van der Waals surface area contributed by atoms with Crippen molar-refractivity contribution in [3.05, 3.63) is 59.7 Å². The predicted octanol–water partition coefficient (Wildman–Crippen LogP) is 5.35. The van der Waals surface area contributed by atoms with Crippen molar-refractivity contribution < 1.29 is 33.3 Å². The van der Waals surface area contributed by atoms with Gasteiger partial charge in [-0.3, -0.25) is 24.0 Å². The fourth-order valence-corrected chi connectivity index (χ4v) is 9.98. The van der Waals surface area contributed by atoms with E-state index < -0.39 is 66.5 Å². The smallest absolute Gasteiger partial charge is 0.404 e. The summed E-state index contributed by atoms with van der Waals surface area (Å²) in [5.41, 5.74) is 15.0. The topological polar surface area (TPSA) is 216 Å². The number of hydrogen-bond donors (Lipinski definition) is 7. The molecule has 0 radical (unpaired) electrons. The zero-order valence-corrected chi connectivity index (χ0v) is 40.3. The van der Waals surface area contributed by atoms with Crippen LogP contribution in [0.5, 0.6) is 0 Å². The van der Waals surface area contributed by atoms with Gasteiger partial charge in [0.2, 0.25) is 23.6 Å². The molecule has 4 fully saturated rings. The molecule has 3 aliphatic carbocycles. The van der Waals surface area contributed by atoms with Crippen molar-refractivity contribution >= 4 is 36.7 Å². The Morgan fingerprint density at radius 2 is 1.25 bits per heavy atom. The van der Waals surface area contributed by atoms with Crippen LogP contribution in [0.25, 0.3) is 11.1 Å². The zero-order valence-electron chi connectivity index (χ0n) is 40.3. The van der Waals surface area contributed by atoms with Crippen LogP contribution in [0.15, 0.2) is 48.5 Å². The van der Waals surface area contributed by atoms with Crippen molar-refractivity contribution in [2.75, 3.05) is 13.1 Å². The minimum absolute atomic E-state index is 0.0310. The maximum Gasteiger partial charge on any atom is 0.481 e. The Hall–Kier alpha value is -4.31. The lowest BCUT2D eigenvalue weighted by Crippen LogP contribution is -2.65. The quantitative estimate of drug-likeness (QED) is 0.0505.